The van der Waals surface area contributed by atoms with E-state index in [1.54, 1.807) is 0 Å². The van der Waals surface area contributed by atoms with Crippen LogP contribution >= 0.6 is 0 Å². The van der Waals surface area contributed by atoms with Crippen LogP contribution in [0.5, 0.6) is 0 Å². The van der Waals surface area contributed by atoms with E-state index in [2.05, 4.69) is 0 Å². The number of ether oxygens (including phenoxy) is 2. The summed E-state index contributed by atoms with van der Waals surface area (Å²) in [7, 11) is 0. The number of hydrogen-bond donors (Lipinski definition) is 0. The van der Waals surface area contributed by atoms with Gasteiger partial charge < -0.3 is 9.47 Å². The average Bonchev–Trinajstić information content (AvgIpc) is 2.35. The van der Waals surface area contributed by atoms with Crippen molar-refractivity contribution in [3.8, 4) is 0 Å². The minimum absolute atomic E-state index is 0.0880. The van der Waals surface area contributed by atoms with Crippen molar-refractivity contribution in [2.75, 3.05) is 6.61 Å². The Labute approximate surface area is 66.7 Å². The van der Waals surface area contributed by atoms with Gasteiger partial charge in [0.2, 0.25) is 0 Å². The van der Waals surface area contributed by atoms with Crippen molar-refractivity contribution in [3.63, 3.8) is 0 Å². The van der Waals surface area contributed by atoms with E-state index < -0.39 is 0 Å². The molecule has 1 fully saturated rings. The van der Waals surface area contributed by atoms with Gasteiger partial charge in [0, 0.05) is 13.5 Å². The summed E-state index contributed by atoms with van der Waals surface area (Å²) in [4.78, 5) is 10.5. The van der Waals surface area contributed by atoms with Crippen LogP contribution in [0.1, 0.15) is 26.7 Å². The van der Waals surface area contributed by atoms with E-state index in [0.29, 0.717) is 0 Å². The zero-order valence-electron chi connectivity index (χ0n) is 7.00. The second-order valence-electron chi connectivity index (χ2n) is 2.87. The van der Waals surface area contributed by atoms with Gasteiger partial charge in [-0.1, -0.05) is 0 Å². The first-order chi connectivity index (χ1) is 5.20. The third-order valence-corrected chi connectivity index (χ3v) is 1.84. The third kappa shape index (κ3) is 2.50. The third-order valence-electron chi connectivity index (χ3n) is 1.84. The van der Waals surface area contributed by atoms with E-state index in [4.69, 9.17) is 9.47 Å². The molecule has 1 rings (SSSR count). The maximum atomic E-state index is 10.5. The van der Waals surface area contributed by atoms with Gasteiger partial charge in [0.05, 0.1) is 6.10 Å². The molecule has 0 bridgehead atoms. The predicted octanol–water partition coefficient (Wildman–Crippen LogP) is 1.12. The van der Waals surface area contributed by atoms with Crippen molar-refractivity contribution in [2.24, 2.45) is 0 Å². The second kappa shape index (κ2) is 3.72. The summed E-state index contributed by atoms with van der Waals surface area (Å²) in [6.07, 6.45) is 2.12. The molecule has 0 saturated carbocycles. The topological polar surface area (TPSA) is 35.5 Å². The second-order valence-corrected chi connectivity index (χ2v) is 2.87. The molecule has 3 nitrogen and oxygen atoms in total. The Morgan fingerprint density at radius 2 is 2.45 bits per heavy atom. The SMILES string of the molecule is CC(=O)O[C@@H](C)[C@@H]1CCCO1. The van der Waals surface area contributed by atoms with E-state index in [0.717, 1.165) is 19.4 Å². The molecule has 1 aliphatic heterocycles. The molecular formula is C8H14O3. The Bertz CT molecular complexity index is 138. The number of rotatable bonds is 2. The molecule has 0 amide bonds. The monoisotopic (exact) mass is 158 g/mol. The Hall–Kier alpha value is -0.570. The van der Waals surface area contributed by atoms with E-state index in [-0.39, 0.29) is 18.2 Å². The lowest BCUT2D eigenvalue weighted by Crippen LogP contribution is -2.26. The highest BCUT2D eigenvalue weighted by Crippen LogP contribution is 2.17. The van der Waals surface area contributed by atoms with Crippen molar-refractivity contribution in [2.45, 2.75) is 38.9 Å². The molecule has 0 aliphatic carbocycles. The molecule has 0 spiro atoms. The van der Waals surface area contributed by atoms with Crippen molar-refractivity contribution in [1.29, 1.82) is 0 Å². The average molecular weight is 158 g/mol. The molecule has 0 aromatic rings. The van der Waals surface area contributed by atoms with Crippen LogP contribution in [-0.2, 0) is 14.3 Å². The summed E-state index contributed by atoms with van der Waals surface area (Å²) in [5.41, 5.74) is 0. The van der Waals surface area contributed by atoms with E-state index in [9.17, 15) is 4.79 Å². The number of hydrogen-bond acceptors (Lipinski definition) is 3. The first kappa shape index (κ1) is 8.53. The van der Waals surface area contributed by atoms with Crippen LogP contribution in [-0.4, -0.2) is 24.8 Å². The van der Waals surface area contributed by atoms with Gasteiger partial charge in [-0.2, -0.15) is 0 Å². The van der Waals surface area contributed by atoms with Gasteiger partial charge >= 0.3 is 5.97 Å². The molecule has 1 aliphatic rings. The van der Waals surface area contributed by atoms with Gasteiger partial charge in [-0.15, -0.1) is 0 Å². The number of carbonyl (C=O) groups is 1. The van der Waals surface area contributed by atoms with Crippen molar-refractivity contribution < 1.29 is 14.3 Å². The van der Waals surface area contributed by atoms with Crippen molar-refractivity contribution in [1.82, 2.24) is 0 Å². The fourth-order valence-corrected chi connectivity index (χ4v) is 1.31. The lowest BCUT2D eigenvalue weighted by atomic mass is 10.1. The summed E-state index contributed by atoms with van der Waals surface area (Å²) in [5, 5.41) is 0. The molecule has 11 heavy (non-hydrogen) atoms. The number of esters is 1. The molecule has 0 unspecified atom stereocenters. The maximum Gasteiger partial charge on any atom is 0.302 e. The molecule has 2 atom stereocenters. The minimum Gasteiger partial charge on any atom is -0.460 e. The molecule has 3 heteroatoms. The van der Waals surface area contributed by atoms with Crippen LogP contribution in [0.25, 0.3) is 0 Å². The molecular weight excluding hydrogens is 144 g/mol. The molecule has 0 radical (unpaired) electrons. The zero-order valence-corrected chi connectivity index (χ0v) is 7.00. The summed E-state index contributed by atoms with van der Waals surface area (Å²) >= 11 is 0. The summed E-state index contributed by atoms with van der Waals surface area (Å²) in [5.74, 6) is -0.229. The van der Waals surface area contributed by atoms with Crippen LogP contribution in [0.15, 0.2) is 0 Å². The Morgan fingerprint density at radius 1 is 1.73 bits per heavy atom. The predicted molar refractivity (Wildman–Crippen MR) is 40.2 cm³/mol. The molecule has 1 heterocycles. The standard InChI is InChI=1S/C8H14O3/c1-6(11-7(2)9)8-4-3-5-10-8/h6,8H,3-5H2,1-2H3/t6-,8-/m0/s1. The Balaban J connectivity index is 2.28. The van der Waals surface area contributed by atoms with Gasteiger partial charge in [-0.25, -0.2) is 0 Å². The minimum atomic E-state index is -0.229. The smallest absolute Gasteiger partial charge is 0.302 e. The quantitative estimate of drug-likeness (QED) is 0.565. The first-order valence-electron chi connectivity index (χ1n) is 3.99. The highest BCUT2D eigenvalue weighted by molar-refractivity contribution is 5.66. The van der Waals surface area contributed by atoms with Gasteiger partial charge in [0.15, 0.2) is 0 Å². The van der Waals surface area contributed by atoms with Crippen LogP contribution in [0.2, 0.25) is 0 Å². The normalized spacial score (nSPS) is 26.5. The Morgan fingerprint density at radius 3 is 2.91 bits per heavy atom. The molecule has 0 aromatic heterocycles. The lowest BCUT2D eigenvalue weighted by molar-refractivity contribution is -0.151. The zero-order chi connectivity index (χ0) is 8.27. The van der Waals surface area contributed by atoms with Crippen LogP contribution < -0.4 is 0 Å². The van der Waals surface area contributed by atoms with Crippen molar-refractivity contribution in [3.05, 3.63) is 0 Å². The largest absolute Gasteiger partial charge is 0.460 e. The van der Waals surface area contributed by atoms with Crippen LogP contribution in [0.4, 0.5) is 0 Å². The van der Waals surface area contributed by atoms with Gasteiger partial charge in [0.1, 0.15) is 6.10 Å². The lowest BCUT2D eigenvalue weighted by Gasteiger charge is -2.17. The highest BCUT2D eigenvalue weighted by atomic mass is 16.6. The fourth-order valence-electron chi connectivity index (χ4n) is 1.31. The molecule has 1 saturated heterocycles. The molecule has 0 N–H and O–H groups in total. The van der Waals surface area contributed by atoms with Gasteiger partial charge in [0.25, 0.3) is 0 Å². The van der Waals surface area contributed by atoms with E-state index >= 15 is 0 Å². The summed E-state index contributed by atoms with van der Waals surface area (Å²) in [6.45, 7) is 4.10. The van der Waals surface area contributed by atoms with Crippen LogP contribution in [0, 0.1) is 0 Å². The highest BCUT2D eigenvalue weighted by Gasteiger charge is 2.24. The fraction of sp³-hybridized carbons (Fsp3) is 0.875. The summed E-state index contributed by atoms with van der Waals surface area (Å²) < 4.78 is 10.3. The maximum absolute atomic E-state index is 10.5. The van der Waals surface area contributed by atoms with E-state index in [1.807, 2.05) is 6.92 Å². The Kier molecular flexibility index (Phi) is 2.88. The van der Waals surface area contributed by atoms with Gasteiger partial charge in [-0.3, -0.25) is 4.79 Å². The van der Waals surface area contributed by atoms with E-state index in [1.165, 1.54) is 6.92 Å². The van der Waals surface area contributed by atoms with Crippen molar-refractivity contribution >= 4 is 5.97 Å². The molecule has 64 valence electrons. The van der Waals surface area contributed by atoms with Crippen LogP contribution in [0.3, 0.4) is 0 Å². The van der Waals surface area contributed by atoms with Gasteiger partial charge in [-0.05, 0) is 19.8 Å². The number of carbonyl (C=O) groups excluding carboxylic acids is 1. The molecule has 0 aromatic carbocycles. The summed E-state index contributed by atoms with van der Waals surface area (Å²) in [6, 6.07) is 0. The first-order valence-corrected chi connectivity index (χ1v) is 3.99.